The van der Waals surface area contributed by atoms with Gasteiger partial charge in [-0.2, -0.15) is 0 Å². The van der Waals surface area contributed by atoms with Crippen molar-refractivity contribution in [2.45, 2.75) is 58.2 Å². The number of rotatable bonds is 10. The molecule has 1 heterocycles. The van der Waals surface area contributed by atoms with Gasteiger partial charge in [0.1, 0.15) is 10.7 Å². The molecule has 1 fully saturated rings. The summed E-state index contributed by atoms with van der Waals surface area (Å²) in [6, 6.07) is 3.54. The minimum absolute atomic E-state index is 0. The van der Waals surface area contributed by atoms with Crippen LogP contribution in [-0.4, -0.2) is 56.0 Å². The van der Waals surface area contributed by atoms with Gasteiger partial charge in [-0.3, -0.25) is 4.79 Å². The minimum atomic E-state index is -3.27. The molecule has 1 aromatic carbocycles. The molecule has 0 bridgehead atoms. The third-order valence-electron chi connectivity index (χ3n) is 5.64. The summed E-state index contributed by atoms with van der Waals surface area (Å²) in [6.45, 7) is 4.42. The monoisotopic (exact) mass is 597 g/mol. The van der Waals surface area contributed by atoms with Crippen LogP contribution in [0, 0.1) is 5.92 Å². The van der Waals surface area contributed by atoms with E-state index >= 15 is 0 Å². The van der Waals surface area contributed by atoms with Crippen LogP contribution in [0.3, 0.4) is 0 Å². The lowest BCUT2D eigenvalue weighted by atomic mass is 9.92. The Morgan fingerprint density at radius 2 is 1.72 bits per heavy atom. The Morgan fingerprint density at radius 3 is 2.25 bits per heavy atom. The fraction of sp³-hybridized carbons (Fsp3) is 0.565. The van der Waals surface area contributed by atoms with Gasteiger partial charge in [0.05, 0.1) is 21.4 Å². The Kier molecular flexibility index (Phi) is 11.3. The van der Waals surface area contributed by atoms with Crippen LogP contribution in [0.1, 0.15) is 60.3 Å². The summed E-state index contributed by atoms with van der Waals surface area (Å²) in [7, 11) is 0.602. The smallest absolute Gasteiger partial charge is 0.212 e. The lowest BCUT2D eigenvalue weighted by molar-refractivity contribution is 0.104. The standard InChI is InChI=1S/C23H33Cl2N5O3S2.ClH/c1-13(2)12-35(32,33)29-16-7-5-15(6-8-16)27-23-28-22(26)21(34-23)20(31)19-17(24)9-14(10-18(19)25)11-30(3)4;/h9-10,13,15-16,29H,5-8,11-12,26H2,1-4H3,(H,27,28);1H. The highest BCUT2D eigenvalue weighted by Gasteiger charge is 2.27. The number of thiazole rings is 1. The van der Waals surface area contributed by atoms with Crippen LogP contribution in [0.4, 0.5) is 10.9 Å². The Morgan fingerprint density at radius 1 is 1.17 bits per heavy atom. The molecule has 2 aromatic rings. The quantitative estimate of drug-likeness (QED) is 0.328. The number of benzene rings is 1. The summed E-state index contributed by atoms with van der Waals surface area (Å²) in [6.07, 6.45) is 3.02. The molecule has 0 spiro atoms. The molecule has 8 nitrogen and oxygen atoms in total. The third-order valence-corrected chi connectivity index (χ3v) is 9.04. The van der Waals surface area contributed by atoms with E-state index < -0.39 is 10.0 Å². The first kappa shape index (κ1) is 31.1. The van der Waals surface area contributed by atoms with E-state index in [-0.39, 0.29) is 68.2 Å². The lowest BCUT2D eigenvalue weighted by Crippen LogP contribution is -2.41. The molecule has 0 radical (unpaired) electrons. The number of nitrogens with one attached hydrogen (secondary N) is 2. The second-order valence-corrected chi connectivity index (χ2v) is 13.3. The van der Waals surface area contributed by atoms with Crippen LogP contribution >= 0.6 is 46.9 Å². The number of anilines is 2. The second-order valence-electron chi connectivity index (χ2n) is 9.72. The summed E-state index contributed by atoms with van der Waals surface area (Å²) in [5, 5.41) is 4.45. The molecule has 1 saturated carbocycles. The van der Waals surface area contributed by atoms with Crippen molar-refractivity contribution in [1.82, 2.24) is 14.6 Å². The number of ketones is 1. The number of aromatic nitrogens is 1. The average Bonchev–Trinajstić information content (AvgIpc) is 3.07. The maximum atomic E-state index is 13.2. The molecule has 36 heavy (non-hydrogen) atoms. The first-order chi connectivity index (χ1) is 16.3. The predicted molar refractivity (Wildman–Crippen MR) is 152 cm³/mol. The maximum absolute atomic E-state index is 13.2. The molecule has 1 aliphatic carbocycles. The van der Waals surface area contributed by atoms with E-state index in [2.05, 4.69) is 15.0 Å². The molecule has 1 aromatic heterocycles. The Balaban J connectivity index is 0.00000456. The van der Waals surface area contributed by atoms with Crippen LogP contribution in [0.2, 0.25) is 10.0 Å². The summed E-state index contributed by atoms with van der Waals surface area (Å²) in [5.74, 6) is -0.0179. The van der Waals surface area contributed by atoms with Crippen LogP contribution in [0.5, 0.6) is 0 Å². The number of nitrogens with two attached hydrogens (primary N) is 1. The van der Waals surface area contributed by atoms with E-state index in [0.29, 0.717) is 11.7 Å². The molecule has 0 aliphatic heterocycles. The van der Waals surface area contributed by atoms with Gasteiger partial charge >= 0.3 is 0 Å². The van der Waals surface area contributed by atoms with Crippen molar-refractivity contribution in [3.63, 3.8) is 0 Å². The highest BCUT2D eigenvalue weighted by atomic mass is 35.5. The van der Waals surface area contributed by atoms with Crippen LogP contribution in [0.15, 0.2) is 12.1 Å². The molecule has 0 unspecified atom stereocenters. The highest BCUT2D eigenvalue weighted by Crippen LogP contribution is 2.35. The molecule has 4 N–H and O–H groups in total. The first-order valence-corrected chi connectivity index (χ1v) is 14.8. The van der Waals surface area contributed by atoms with Gasteiger partial charge in [0.25, 0.3) is 0 Å². The van der Waals surface area contributed by atoms with Crippen molar-refractivity contribution < 1.29 is 13.2 Å². The van der Waals surface area contributed by atoms with E-state index in [1.807, 2.05) is 32.8 Å². The van der Waals surface area contributed by atoms with E-state index in [1.165, 1.54) is 11.3 Å². The number of nitrogen functional groups attached to an aromatic ring is 1. The summed E-state index contributed by atoms with van der Waals surface area (Å²) >= 11 is 14.0. The molecular weight excluding hydrogens is 565 g/mol. The van der Waals surface area contributed by atoms with Gasteiger partial charge in [-0.05, 0) is 63.4 Å². The summed E-state index contributed by atoms with van der Waals surface area (Å²) in [4.78, 5) is 19.8. The number of nitrogens with zero attached hydrogens (tertiary/aromatic N) is 2. The van der Waals surface area contributed by atoms with Gasteiger partial charge < -0.3 is 16.0 Å². The average molecular weight is 599 g/mol. The van der Waals surface area contributed by atoms with Gasteiger partial charge in [-0.25, -0.2) is 18.1 Å². The van der Waals surface area contributed by atoms with Crippen molar-refractivity contribution >= 4 is 73.7 Å². The number of hydrogen-bond donors (Lipinski definition) is 3. The Hall–Kier alpha value is -1.14. The molecule has 0 saturated heterocycles. The lowest BCUT2D eigenvalue weighted by Gasteiger charge is -2.29. The van der Waals surface area contributed by atoms with Crippen molar-refractivity contribution in [3.8, 4) is 0 Å². The van der Waals surface area contributed by atoms with Gasteiger partial charge in [0, 0.05) is 18.6 Å². The second kappa shape index (κ2) is 13.1. The molecule has 0 atom stereocenters. The van der Waals surface area contributed by atoms with Gasteiger partial charge in [0.2, 0.25) is 15.8 Å². The minimum Gasteiger partial charge on any atom is -0.382 e. The summed E-state index contributed by atoms with van der Waals surface area (Å²) < 4.78 is 27.3. The van der Waals surface area contributed by atoms with Crippen molar-refractivity contribution in [1.29, 1.82) is 0 Å². The third kappa shape index (κ3) is 8.44. The van der Waals surface area contributed by atoms with Gasteiger partial charge in [-0.1, -0.05) is 48.4 Å². The van der Waals surface area contributed by atoms with Crippen molar-refractivity contribution in [2.75, 3.05) is 30.9 Å². The van der Waals surface area contributed by atoms with Crippen LogP contribution in [-0.2, 0) is 16.6 Å². The van der Waals surface area contributed by atoms with Gasteiger partial charge in [-0.15, -0.1) is 12.4 Å². The molecule has 3 rings (SSSR count). The highest BCUT2D eigenvalue weighted by molar-refractivity contribution is 7.89. The van der Waals surface area contributed by atoms with Crippen molar-refractivity contribution in [3.05, 3.63) is 38.2 Å². The molecule has 13 heteroatoms. The number of hydrogen-bond acceptors (Lipinski definition) is 8. The zero-order valence-corrected chi connectivity index (χ0v) is 24.8. The number of carbonyl (C=O) groups excluding carboxylic acids is 1. The molecular formula is C23H34Cl3N5O3S2. The maximum Gasteiger partial charge on any atom is 0.212 e. The zero-order valence-electron chi connectivity index (χ0n) is 20.8. The molecule has 202 valence electrons. The number of sulfonamides is 1. The van der Waals surface area contributed by atoms with E-state index in [0.717, 1.165) is 31.2 Å². The predicted octanol–water partition coefficient (Wildman–Crippen LogP) is 5.05. The Bertz CT molecular complexity index is 1140. The number of carbonyl (C=O) groups is 1. The number of halogens is 3. The normalized spacial score (nSPS) is 18.3. The van der Waals surface area contributed by atoms with Crippen LogP contribution in [0.25, 0.3) is 0 Å². The molecule has 0 amide bonds. The van der Waals surface area contributed by atoms with E-state index in [1.54, 1.807) is 12.1 Å². The van der Waals surface area contributed by atoms with Gasteiger partial charge in [0.15, 0.2) is 5.13 Å². The molecule has 1 aliphatic rings. The van der Waals surface area contributed by atoms with Crippen LogP contribution < -0.4 is 15.8 Å². The summed E-state index contributed by atoms with van der Waals surface area (Å²) in [5.41, 5.74) is 7.20. The fourth-order valence-corrected chi connectivity index (χ4v) is 7.57. The van der Waals surface area contributed by atoms with E-state index in [4.69, 9.17) is 28.9 Å². The van der Waals surface area contributed by atoms with E-state index in [9.17, 15) is 13.2 Å². The Labute approximate surface area is 233 Å². The fourth-order valence-electron chi connectivity index (χ4n) is 4.24. The largest absolute Gasteiger partial charge is 0.382 e. The SMILES string of the molecule is CC(C)CS(=O)(=O)NC1CCC(Nc2nc(N)c(C(=O)c3c(Cl)cc(CN(C)C)cc3Cl)s2)CC1.Cl. The first-order valence-electron chi connectivity index (χ1n) is 11.5. The van der Waals surface area contributed by atoms with Crippen molar-refractivity contribution in [2.24, 2.45) is 5.92 Å². The zero-order chi connectivity index (χ0) is 25.9. The topological polar surface area (TPSA) is 117 Å².